The Morgan fingerprint density at radius 1 is 1.07 bits per heavy atom. The molecule has 0 unspecified atom stereocenters. The van der Waals surface area contributed by atoms with E-state index in [4.69, 9.17) is 18.7 Å². The van der Waals surface area contributed by atoms with Crippen molar-refractivity contribution in [3.05, 3.63) is 54.2 Å². The predicted molar refractivity (Wildman–Crippen MR) is 98.3 cm³/mol. The molecular formula is C20H18N2O5. The molecule has 0 radical (unpaired) electrons. The third-order valence-corrected chi connectivity index (χ3v) is 4.10. The summed E-state index contributed by atoms with van der Waals surface area (Å²) in [6, 6.07) is 14.4. The number of hydrogen-bond acceptors (Lipinski definition) is 6. The van der Waals surface area contributed by atoms with Crippen molar-refractivity contribution in [2.75, 3.05) is 25.6 Å². The Bertz CT molecular complexity index is 949. The van der Waals surface area contributed by atoms with Gasteiger partial charge in [-0.1, -0.05) is 5.16 Å². The van der Waals surface area contributed by atoms with E-state index >= 15 is 0 Å². The normalized spacial score (nSPS) is 12.5. The zero-order valence-electron chi connectivity index (χ0n) is 14.7. The van der Waals surface area contributed by atoms with Crippen LogP contribution in [0.2, 0.25) is 0 Å². The van der Waals surface area contributed by atoms with Gasteiger partial charge in [-0.2, -0.15) is 0 Å². The highest BCUT2D eigenvalue weighted by Crippen LogP contribution is 2.34. The molecule has 0 bridgehead atoms. The minimum Gasteiger partial charge on any atom is -0.497 e. The lowest BCUT2D eigenvalue weighted by atomic mass is 10.1. The van der Waals surface area contributed by atoms with E-state index in [1.165, 1.54) is 0 Å². The SMILES string of the molecule is COc1ccc(NC(=O)Cc2cc(-c3ccc4c(c3)OCCO4)on2)cc1. The van der Waals surface area contributed by atoms with Crippen LogP contribution in [0.5, 0.6) is 17.2 Å². The molecule has 1 N–H and O–H groups in total. The maximum atomic E-state index is 12.2. The largest absolute Gasteiger partial charge is 0.497 e. The molecule has 1 amide bonds. The smallest absolute Gasteiger partial charge is 0.230 e. The number of aromatic nitrogens is 1. The standard InChI is InChI=1S/C20H18N2O5/c1-24-16-5-3-14(4-6-16)21-20(23)12-15-11-18(27-22-15)13-2-7-17-19(10-13)26-9-8-25-17/h2-7,10-11H,8-9,12H2,1H3,(H,21,23). The lowest BCUT2D eigenvalue weighted by molar-refractivity contribution is -0.115. The van der Waals surface area contributed by atoms with Gasteiger partial charge >= 0.3 is 0 Å². The fraction of sp³-hybridized carbons (Fsp3) is 0.200. The first-order chi connectivity index (χ1) is 13.2. The molecule has 27 heavy (non-hydrogen) atoms. The summed E-state index contributed by atoms with van der Waals surface area (Å²) in [5.41, 5.74) is 2.05. The van der Waals surface area contributed by atoms with Crippen molar-refractivity contribution in [2.24, 2.45) is 0 Å². The number of anilines is 1. The third-order valence-electron chi connectivity index (χ3n) is 4.10. The first-order valence-electron chi connectivity index (χ1n) is 8.51. The Morgan fingerprint density at radius 2 is 1.85 bits per heavy atom. The Balaban J connectivity index is 1.42. The summed E-state index contributed by atoms with van der Waals surface area (Å²) in [5, 5.41) is 6.80. The fourth-order valence-corrected chi connectivity index (χ4v) is 2.77. The van der Waals surface area contributed by atoms with Crippen molar-refractivity contribution in [3.8, 4) is 28.6 Å². The predicted octanol–water partition coefficient (Wildman–Crippen LogP) is 3.30. The zero-order valence-corrected chi connectivity index (χ0v) is 14.7. The number of ether oxygens (including phenoxy) is 3. The lowest BCUT2D eigenvalue weighted by Crippen LogP contribution is -2.15. The van der Waals surface area contributed by atoms with E-state index in [-0.39, 0.29) is 12.3 Å². The van der Waals surface area contributed by atoms with E-state index in [2.05, 4.69) is 10.5 Å². The molecule has 7 nitrogen and oxygen atoms in total. The van der Waals surface area contributed by atoms with Crippen LogP contribution in [-0.2, 0) is 11.2 Å². The molecule has 0 saturated heterocycles. The zero-order chi connectivity index (χ0) is 18.6. The van der Waals surface area contributed by atoms with E-state index in [9.17, 15) is 4.79 Å². The van der Waals surface area contributed by atoms with E-state index < -0.39 is 0 Å². The van der Waals surface area contributed by atoms with Crippen LogP contribution in [0.25, 0.3) is 11.3 Å². The van der Waals surface area contributed by atoms with Crippen LogP contribution in [0.4, 0.5) is 5.69 Å². The van der Waals surface area contributed by atoms with Crippen LogP contribution in [0.15, 0.2) is 53.1 Å². The summed E-state index contributed by atoms with van der Waals surface area (Å²) >= 11 is 0. The van der Waals surface area contributed by atoms with Gasteiger partial charge in [-0.15, -0.1) is 0 Å². The molecule has 0 spiro atoms. The Kier molecular flexibility index (Phi) is 4.65. The van der Waals surface area contributed by atoms with Crippen LogP contribution in [-0.4, -0.2) is 31.4 Å². The van der Waals surface area contributed by atoms with Crippen LogP contribution in [0.3, 0.4) is 0 Å². The van der Waals surface area contributed by atoms with Crippen molar-refractivity contribution in [2.45, 2.75) is 6.42 Å². The molecule has 2 aromatic carbocycles. The molecule has 4 rings (SSSR count). The van der Waals surface area contributed by atoms with E-state index in [1.807, 2.05) is 18.2 Å². The number of nitrogens with zero attached hydrogens (tertiary/aromatic N) is 1. The van der Waals surface area contributed by atoms with E-state index in [1.54, 1.807) is 37.4 Å². The molecule has 0 fully saturated rings. The van der Waals surface area contributed by atoms with Crippen molar-refractivity contribution in [1.82, 2.24) is 5.16 Å². The summed E-state index contributed by atoms with van der Waals surface area (Å²) in [5.74, 6) is 2.51. The molecule has 7 heteroatoms. The van der Waals surface area contributed by atoms with Crippen molar-refractivity contribution in [3.63, 3.8) is 0 Å². The molecule has 0 atom stereocenters. The topological polar surface area (TPSA) is 82.8 Å². The van der Waals surface area contributed by atoms with Gasteiger partial charge in [0.05, 0.1) is 19.2 Å². The monoisotopic (exact) mass is 366 g/mol. The summed E-state index contributed by atoms with van der Waals surface area (Å²) in [6.07, 6.45) is 0.111. The number of hydrogen-bond donors (Lipinski definition) is 1. The number of carbonyl (C=O) groups excluding carboxylic acids is 1. The number of nitrogens with one attached hydrogen (secondary N) is 1. The van der Waals surface area contributed by atoms with Gasteiger partial charge in [-0.3, -0.25) is 4.79 Å². The van der Waals surface area contributed by atoms with Crippen LogP contribution >= 0.6 is 0 Å². The molecule has 1 aliphatic rings. The van der Waals surface area contributed by atoms with Gasteiger partial charge in [-0.05, 0) is 42.5 Å². The fourth-order valence-electron chi connectivity index (χ4n) is 2.77. The molecule has 2 heterocycles. The van der Waals surface area contributed by atoms with Crippen molar-refractivity contribution >= 4 is 11.6 Å². The quantitative estimate of drug-likeness (QED) is 0.746. The summed E-state index contributed by atoms with van der Waals surface area (Å²) in [6.45, 7) is 1.06. The average Bonchev–Trinajstić information content (AvgIpc) is 3.16. The van der Waals surface area contributed by atoms with Gasteiger partial charge < -0.3 is 24.1 Å². The minimum absolute atomic E-state index is 0.111. The van der Waals surface area contributed by atoms with Crippen molar-refractivity contribution < 1.29 is 23.5 Å². The van der Waals surface area contributed by atoms with Crippen molar-refractivity contribution in [1.29, 1.82) is 0 Å². The molecule has 3 aromatic rings. The van der Waals surface area contributed by atoms with Gasteiger partial charge in [0, 0.05) is 17.3 Å². The second kappa shape index (κ2) is 7.41. The minimum atomic E-state index is -0.179. The number of benzene rings is 2. The maximum absolute atomic E-state index is 12.2. The van der Waals surface area contributed by atoms with E-state index in [0.717, 1.165) is 11.3 Å². The van der Waals surface area contributed by atoms with Gasteiger partial charge in [0.2, 0.25) is 5.91 Å². The van der Waals surface area contributed by atoms with Gasteiger partial charge in [0.15, 0.2) is 17.3 Å². The molecular weight excluding hydrogens is 348 g/mol. The van der Waals surface area contributed by atoms with Crippen LogP contribution in [0.1, 0.15) is 5.69 Å². The maximum Gasteiger partial charge on any atom is 0.230 e. The second-order valence-electron chi connectivity index (χ2n) is 5.99. The number of carbonyl (C=O) groups is 1. The average molecular weight is 366 g/mol. The number of rotatable bonds is 5. The highest BCUT2D eigenvalue weighted by atomic mass is 16.6. The molecule has 1 aliphatic heterocycles. The highest BCUT2D eigenvalue weighted by molar-refractivity contribution is 5.92. The Hall–Kier alpha value is -3.48. The highest BCUT2D eigenvalue weighted by Gasteiger charge is 2.16. The van der Waals surface area contributed by atoms with Gasteiger partial charge in [0.1, 0.15) is 19.0 Å². The second-order valence-corrected chi connectivity index (χ2v) is 5.99. The first kappa shape index (κ1) is 17.0. The summed E-state index contributed by atoms with van der Waals surface area (Å²) < 4.78 is 21.6. The van der Waals surface area contributed by atoms with Gasteiger partial charge in [0.25, 0.3) is 0 Å². The molecule has 138 valence electrons. The number of amides is 1. The summed E-state index contributed by atoms with van der Waals surface area (Å²) in [7, 11) is 1.59. The lowest BCUT2D eigenvalue weighted by Gasteiger charge is -2.18. The number of fused-ring (bicyclic) bond motifs is 1. The third kappa shape index (κ3) is 3.87. The Labute approximate surface area is 155 Å². The van der Waals surface area contributed by atoms with E-state index in [0.29, 0.717) is 41.9 Å². The Morgan fingerprint density at radius 3 is 2.63 bits per heavy atom. The summed E-state index contributed by atoms with van der Waals surface area (Å²) in [4.78, 5) is 12.2. The molecule has 0 saturated carbocycles. The van der Waals surface area contributed by atoms with Crippen LogP contribution in [0, 0.1) is 0 Å². The van der Waals surface area contributed by atoms with Crippen LogP contribution < -0.4 is 19.5 Å². The number of methoxy groups -OCH3 is 1. The first-order valence-corrected chi connectivity index (χ1v) is 8.51. The van der Waals surface area contributed by atoms with Gasteiger partial charge in [-0.25, -0.2) is 0 Å². The molecule has 0 aliphatic carbocycles. The molecule has 1 aromatic heterocycles.